The molecule has 15 heavy (non-hydrogen) atoms. The van der Waals surface area contributed by atoms with Gasteiger partial charge in [0.15, 0.2) is 0 Å². The molecule has 0 amide bonds. The minimum absolute atomic E-state index is 0.0719. The van der Waals surface area contributed by atoms with Gasteiger partial charge < -0.3 is 4.74 Å². The molecule has 88 valence electrons. The maximum absolute atomic E-state index is 11.0. The van der Waals surface area contributed by atoms with Crippen molar-refractivity contribution >= 4 is 5.97 Å². The summed E-state index contributed by atoms with van der Waals surface area (Å²) >= 11 is 0. The molecule has 0 fully saturated rings. The quantitative estimate of drug-likeness (QED) is 0.348. The van der Waals surface area contributed by atoms with Crippen LogP contribution in [0.2, 0.25) is 0 Å². The summed E-state index contributed by atoms with van der Waals surface area (Å²) in [7, 11) is 0. The van der Waals surface area contributed by atoms with E-state index in [1.807, 2.05) is 6.92 Å². The zero-order valence-electron chi connectivity index (χ0n) is 10.3. The van der Waals surface area contributed by atoms with E-state index in [1.54, 1.807) is 0 Å². The lowest BCUT2D eigenvalue weighted by atomic mass is 10.0. The summed E-state index contributed by atoms with van der Waals surface area (Å²) < 4.78 is 5.20. The second-order valence-corrected chi connectivity index (χ2v) is 4.35. The van der Waals surface area contributed by atoms with Gasteiger partial charge >= 0.3 is 5.97 Å². The molecule has 0 N–H and O–H groups in total. The molecule has 0 aliphatic carbocycles. The summed E-state index contributed by atoms with van der Waals surface area (Å²) in [6.45, 7) is 9.90. The molecule has 0 heterocycles. The van der Waals surface area contributed by atoms with Crippen molar-refractivity contribution < 1.29 is 9.53 Å². The maximum atomic E-state index is 11.0. The standard InChI is InChI=1S/C13H24O2/c1-5-12(15-13(14)6-2)10-8-7-9-11(3)4/h6,11-12H,2,5,7-10H2,1,3-4H3. The van der Waals surface area contributed by atoms with Crippen LogP contribution in [-0.4, -0.2) is 12.1 Å². The number of carbonyl (C=O) groups is 1. The third kappa shape index (κ3) is 8.22. The molecule has 0 saturated carbocycles. The monoisotopic (exact) mass is 212 g/mol. The molecule has 0 aliphatic heterocycles. The van der Waals surface area contributed by atoms with Crippen molar-refractivity contribution in [1.82, 2.24) is 0 Å². The Morgan fingerprint density at radius 3 is 2.40 bits per heavy atom. The van der Waals surface area contributed by atoms with Gasteiger partial charge in [-0.25, -0.2) is 4.79 Å². The van der Waals surface area contributed by atoms with E-state index in [0.29, 0.717) is 0 Å². The molecule has 1 unspecified atom stereocenters. The second kappa shape index (κ2) is 8.51. The zero-order valence-corrected chi connectivity index (χ0v) is 10.3. The van der Waals surface area contributed by atoms with Gasteiger partial charge in [0.05, 0.1) is 0 Å². The first-order chi connectivity index (χ1) is 7.10. The molecule has 0 rings (SSSR count). The Bertz CT molecular complexity index is 185. The molecule has 1 atom stereocenters. The SMILES string of the molecule is C=CC(=O)OC(CC)CCCCC(C)C. The van der Waals surface area contributed by atoms with Crippen molar-refractivity contribution in [3.05, 3.63) is 12.7 Å². The number of ether oxygens (including phenoxy) is 1. The van der Waals surface area contributed by atoms with E-state index in [4.69, 9.17) is 4.74 Å². The average Bonchev–Trinajstić information content (AvgIpc) is 2.21. The Morgan fingerprint density at radius 1 is 1.33 bits per heavy atom. The molecular formula is C13H24O2. The average molecular weight is 212 g/mol. The van der Waals surface area contributed by atoms with Gasteiger partial charge in [-0.15, -0.1) is 0 Å². The largest absolute Gasteiger partial charge is 0.459 e. The van der Waals surface area contributed by atoms with Crippen LogP contribution >= 0.6 is 0 Å². The normalized spacial score (nSPS) is 12.5. The highest BCUT2D eigenvalue weighted by Crippen LogP contribution is 2.13. The number of hydrogen-bond acceptors (Lipinski definition) is 2. The fourth-order valence-corrected chi connectivity index (χ4v) is 1.48. The van der Waals surface area contributed by atoms with Crippen molar-refractivity contribution in [1.29, 1.82) is 0 Å². The summed E-state index contributed by atoms with van der Waals surface area (Å²) in [6.07, 6.45) is 6.79. The van der Waals surface area contributed by atoms with Gasteiger partial charge in [-0.05, 0) is 25.2 Å². The molecule has 0 aromatic rings. The Hall–Kier alpha value is -0.790. The minimum Gasteiger partial charge on any atom is -0.459 e. The lowest BCUT2D eigenvalue weighted by Crippen LogP contribution is -2.15. The lowest BCUT2D eigenvalue weighted by molar-refractivity contribution is -0.143. The van der Waals surface area contributed by atoms with Gasteiger partial charge in [0.1, 0.15) is 6.10 Å². The summed E-state index contributed by atoms with van der Waals surface area (Å²) in [5, 5.41) is 0. The second-order valence-electron chi connectivity index (χ2n) is 4.35. The van der Waals surface area contributed by atoms with Crippen LogP contribution in [0.5, 0.6) is 0 Å². The maximum Gasteiger partial charge on any atom is 0.330 e. The van der Waals surface area contributed by atoms with Crippen molar-refractivity contribution in [2.75, 3.05) is 0 Å². The molecule has 0 aliphatic rings. The van der Waals surface area contributed by atoms with Gasteiger partial charge in [0.25, 0.3) is 0 Å². The Morgan fingerprint density at radius 2 is 1.93 bits per heavy atom. The number of rotatable bonds is 8. The highest BCUT2D eigenvalue weighted by Gasteiger charge is 2.09. The van der Waals surface area contributed by atoms with Crippen LogP contribution in [0.3, 0.4) is 0 Å². The van der Waals surface area contributed by atoms with E-state index in [0.717, 1.165) is 25.2 Å². The fraction of sp³-hybridized carbons (Fsp3) is 0.769. The third-order valence-electron chi connectivity index (χ3n) is 2.46. The summed E-state index contributed by atoms with van der Waals surface area (Å²) in [5.74, 6) is 0.464. The molecular weight excluding hydrogens is 188 g/mol. The molecule has 2 heteroatoms. The van der Waals surface area contributed by atoms with Crippen molar-refractivity contribution in [2.45, 2.75) is 59.0 Å². The summed E-state index contributed by atoms with van der Waals surface area (Å²) in [6, 6.07) is 0. The van der Waals surface area contributed by atoms with E-state index in [1.165, 1.54) is 18.9 Å². The molecule has 0 aromatic carbocycles. The minimum atomic E-state index is -0.300. The van der Waals surface area contributed by atoms with E-state index < -0.39 is 0 Å². The highest BCUT2D eigenvalue weighted by molar-refractivity contribution is 5.81. The van der Waals surface area contributed by atoms with Crippen LogP contribution in [-0.2, 0) is 9.53 Å². The van der Waals surface area contributed by atoms with E-state index in [9.17, 15) is 4.79 Å². The smallest absolute Gasteiger partial charge is 0.330 e. The number of esters is 1. The van der Waals surface area contributed by atoms with Gasteiger partial charge in [-0.2, -0.15) is 0 Å². The Kier molecular flexibility index (Phi) is 8.06. The van der Waals surface area contributed by atoms with E-state index >= 15 is 0 Å². The van der Waals surface area contributed by atoms with E-state index in [-0.39, 0.29) is 12.1 Å². The van der Waals surface area contributed by atoms with E-state index in [2.05, 4.69) is 20.4 Å². The lowest BCUT2D eigenvalue weighted by Gasteiger charge is -2.15. The van der Waals surface area contributed by atoms with Crippen molar-refractivity contribution in [2.24, 2.45) is 5.92 Å². The van der Waals surface area contributed by atoms with Crippen LogP contribution in [0.15, 0.2) is 12.7 Å². The van der Waals surface area contributed by atoms with Gasteiger partial charge in [-0.1, -0.05) is 40.2 Å². The van der Waals surface area contributed by atoms with Crippen LogP contribution < -0.4 is 0 Å². The fourth-order valence-electron chi connectivity index (χ4n) is 1.48. The number of unbranched alkanes of at least 4 members (excludes halogenated alkanes) is 1. The van der Waals surface area contributed by atoms with Crippen LogP contribution in [0.1, 0.15) is 52.9 Å². The topological polar surface area (TPSA) is 26.3 Å². The van der Waals surface area contributed by atoms with Crippen molar-refractivity contribution in [3.8, 4) is 0 Å². The summed E-state index contributed by atoms with van der Waals surface area (Å²) in [5.41, 5.74) is 0. The van der Waals surface area contributed by atoms with Gasteiger partial charge in [0, 0.05) is 6.08 Å². The molecule has 0 saturated heterocycles. The Labute approximate surface area is 93.7 Å². The number of carbonyl (C=O) groups excluding carboxylic acids is 1. The first-order valence-corrected chi connectivity index (χ1v) is 5.93. The number of hydrogen-bond donors (Lipinski definition) is 0. The summed E-state index contributed by atoms with van der Waals surface area (Å²) in [4.78, 5) is 11.0. The Balaban J connectivity index is 3.61. The van der Waals surface area contributed by atoms with Gasteiger partial charge in [-0.3, -0.25) is 0 Å². The molecule has 0 radical (unpaired) electrons. The molecule has 2 nitrogen and oxygen atoms in total. The van der Waals surface area contributed by atoms with Crippen LogP contribution in [0.25, 0.3) is 0 Å². The highest BCUT2D eigenvalue weighted by atomic mass is 16.5. The first kappa shape index (κ1) is 14.2. The van der Waals surface area contributed by atoms with Crippen molar-refractivity contribution in [3.63, 3.8) is 0 Å². The first-order valence-electron chi connectivity index (χ1n) is 5.93. The molecule has 0 spiro atoms. The van der Waals surface area contributed by atoms with Crippen LogP contribution in [0.4, 0.5) is 0 Å². The zero-order chi connectivity index (χ0) is 11.7. The van der Waals surface area contributed by atoms with Crippen LogP contribution in [0, 0.1) is 5.92 Å². The predicted octanol–water partition coefficient (Wildman–Crippen LogP) is 3.71. The third-order valence-corrected chi connectivity index (χ3v) is 2.46. The molecule has 0 bridgehead atoms. The molecule has 0 aromatic heterocycles. The van der Waals surface area contributed by atoms with Gasteiger partial charge in [0.2, 0.25) is 0 Å². The predicted molar refractivity (Wildman–Crippen MR) is 63.7 cm³/mol.